The van der Waals surface area contributed by atoms with Crippen molar-refractivity contribution in [1.29, 1.82) is 5.26 Å². The summed E-state index contributed by atoms with van der Waals surface area (Å²) < 4.78 is 5.52. The van der Waals surface area contributed by atoms with Gasteiger partial charge in [-0.15, -0.1) is 0 Å². The molecule has 1 aromatic rings. The van der Waals surface area contributed by atoms with Crippen molar-refractivity contribution in [2.24, 2.45) is 5.41 Å². The summed E-state index contributed by atoms with van der Waals surface area (Å²) >= 11 is 0. The van der Waals surface area contributed by atoms with Gasteiger partial charge in [-0.3, -0.25) is 0 Å². The largest absolute Gasteiger partial charge is 0.391 e. The van der Waals surface area contributed by atoms with Crippen LogP contribution in [0.15, 0.2) is 30.3 Å². The van der Waals surface area contributed by atoms with Gasteiger partial charge >= 0.3 is 0 Å². The molecule has 0 amide bonds. The van der Waals surface area contributed by atoms with Crippen molar-refractivity contribution in [1.82, 2.24) is 0 Å². The van der Waals surface area contributed by atoms with E-state index in [0.717, 1.165) is 12.0 Å². The quantitative estimate of drug-likeness (QED) is 0.754. The predicted molar refractivity (Wildman–Crippen MR) is 70.7 cm³/mol. The molecule has 3 heteroatoms. The number of hydrogen-bond acceptors (Lipinski definition) is 3. The lowest BCUT2D eigenvalue weighted by atomic mass is 9.86. The van der Waals surface area contributed by atoms with Crippen LogP contribution in [-0.4, -0.2) is 17.8 Å². The van der Waals surface area contributed by atoms with E-state index in [9.17, 15) is 5.11 Å². The van der Waals surface area contributed by atoms with E-state index in [-0.39, 0.29) is 0 Å². The van der Waals surface area contributed by atoms with Crippen molar-refractivity contribution < 1.29 is 9.84 Å². The molecule has 0 saturated carbocycles. The Kier molecular flexibility index (Phi) is 5.84. The van der Waals surface area contributed by atoms with Crippen LogP contribution in [-0.2, 0) is 11.3 Å². The molecule has 0 bridgehead atoms. The molecule has 18 heavy (non-hydrogen) atoms. The average Bonchev–Trinajstić information content (AvgIpc) is 2.39. The molecule has 0 saturated heterocycles. The first-order valence-electron chi connectivity index (χ1n) is 6.27. The van der Waals surface area contributed by atoms with Gasteiger partial charge in [-0.2, -0.15) is 5.26 Å². The van der Waals surface area contributed by atoms with Gasteiger partial charge in [-0.25, -0.2) is 0 Å². The highest BCUT2D eigenvalue weighted by Gasteiger charge is 2.26. The van der Waals surface area contributed by atoms with Gasteiger partial charge < -0.3 is 9.84 Å². The van der Waals surface area contributed by atoms with Crippen LogP contribution in [0.2, 0.25) is 0 Å². The van der Waals surface area contributed by atoms with Gasteiger partial charge in [0.05, 0.1) is 24.2 Å². The zero-order valence-corrected chi connectivity index (χ0v) is 11.1. The van der Waals surface area contributed by atoms with E-state index in [0.29, 0.717) is 19.6 Å². The maximum Gasteiger partial charge on any atom is 0.0776 e. The zero-order chi connectivity index (χ0) is 13.4. The molecule has 0 aromatic heterocycles. The number of hydrogen-bond donors (Lipinski definition) is 1. The Morgan fingerprint density at radius 2 is 2.00 bits per heavy atom. The van der Waals surface area contributed by atoms with Crippen LogP contribution in [0, 0.1) is 16.7 Å². The third kappa shape index (κ3) is 4.87. The van der Waals surface area contributed by atoms with Crippen LogP contribution in [0.4, 0.5) is 0 Å². The molecule has 3 nitrogen and oxygen atoms in total. The van der Waals surface area contributed by atoms with Gasteiger partial charge in [0, 0.05) is 6.61 Å². The Morgan fingerprint density at radius 3 is 2.61 bits per heavy atom. The van der Waals surface area contributed by atoms with E-state index in [4.69, 9.17) is 10.00 Å². The maximum atomic E-state index is 9.82. The molecule has 0 heterocycles. The molecule has 0 radical (unpaired) electrons. The lowest BCUT2D eigenvalue weighted by molar-refractivity contribution is 0.0572. The molecule has 1 aromatic carbocycles. The number of nitrogens with zero attached hydrogens (tertiary/aromatic N) is 1. The van der Waals surface area contributed by atoms with E-state index in [1.54, 1.807) is 13.8 Å². The van der Waals surface area contributed by atoms with Crippen molar-refractivity contribution in [2.45, 2.75) is 39.4 Å². The minimum Gasteiger partial charge on any atom is -0.391 e. The molecule has 1 N–H and O–H groups in total. The highest BCUT2D eigenvalue weighted by atomic mass is 16.5. The fraction of sp³-hybridized carbons (Fsp3) is 0.533. The Labute approximate surface area is 109 Å². The fourth-order valence-electron chi connectivity index (χ4n) is 1.58. The van der Waals surface area contributed by atoms with Gasteiger partial charge in [0.25, 0.3) is 0 Å². The first-order valence-corrected chi connectivity index (χ1v) is 6.27. The van der Waals surface area contributed by atoms with Gasteiger partial charge in [-0.1, -0.05) is 30.3 Å². The Hall–Kier alpha value is -1.37. The number of rotatable bonds is 7. The van der Waals surface area contributed by atoms with Crippen LogP contribution >= 0.6 is 0 Å². The normalized spacial score (nSPS) is 13.0. The minimum absolute atomic E-state index is 0.593. The summed E-state index contributed by atoms with van der Waals surface area (Å²) in [6.07, 6.45) is 0.761. The van der Waals surface area contributed by atoms with Crippen LogP contribution < -0.4 is 0 Å². The second kappa shape index (κ2) is 7.15. The lowest BCUT2D eigenvalue weighted by Gasteiger charge is -2.22. The monoisotopic (exact) mass is 247 g/mol. The third-order valence-corrected chi connectivity index (χ3v) is 3.00. The van der Waals surface area contributed by atoms with Gasteiger partial charge in [0.1, 0.15) is 0 Å². The molecule has 0 aliphatic carbocycles. The summed E-state index contributed by atoms with van der Waals surface area (Å²) in [5.74, 6) is 0. The fourth-order valence-corrected chi connectivity index (χ4v) is 1.58. The van der Waals surface area contributed by atoms with Crippen LogP contribution in [0.25, 0.3) is 0 Å². The summed E-state index contributed by atoms with van der Waals surface area (Å²) in [7, 11) is 0. The standard InChI is InChI=1S/C15H21NO2/c1-15(2,12-16)14(17)9-6-10-18-11-13-7-4-3-5-8-13/h3-5,7-8,14,17H,6,9-11H2,1-2H3. The molecule has 0 fully saturated rings. The number of benzene rings is 1. The number of nitriles is 1. The molecule has 0 aliphatic rings. The van der Waals surface area contributed by atoms with Gasteiger partial charge in [-0.05, 0) is 32.3 Å². The summed E-state index contributed by atoms with van der Waals surface area (Å²) in [4.78, 5) is 0. The summed E-state index contributed by atoms with van der Waals surface area (Å²) in [5.41, 5.74) is 0.467. The molecular formula is C15H21NO2. The van der Waals surface area contributed by atoms with Crippen molar-refractivity contribution in [3.8, 4) is 6.07 Å². The molecular weight excluding hydrogens is 226 g/mol. The summed E-state index contributed by atoms with van der Waals surface area (Å²) in [6, 6.07) is 12.1. The van der Waals surface area contributed by atoms with E-state index >= 15 is 0 Å². The first kappa shape index (κ1) is 14.7. The Balaban J connectivity index is 2.15. The highest BCUT2D eigenvalue weighted by Crippen LogP contribution is 2.22. The molecule has 1 rings (SSSR count). The summed E-state index contributed by atoms with van der Waals surface area (Å²) in [5, 5.41) is 18.7. The Morgan fingerprint density at radius 1 is 1.33 bits per heavy atom. The zero-order valence-electron chi connectivity index (χ0n) is 11.1. The minimum atomic E-state index is -0.681. The first-order chi connectivity index (χ1) is 8.56. The number of aliphatic hydroxyl groups is 1. The van der Waals surface area contributed by atoms with Gasteiger partial charge in [0.2, 0.25) is 0 Å². The predicted octanol–water partition coefficient (Wildman–Crippen LogP) is 2.89. The molecule has 1 atom stereocenters. The molecule has 0 spiro atoms. The smallest absolute Gasteiger partial charge is 0.0776 e. The molecule has 0 aliphatic heterocycles. The van der Waals surface area contributed by atoms with Crippen molar-refractivity contribution in [2.75, 3.05) is 6.61 Å². The van der Waals surface area contributed by atoms with Crippen molar-refractivity contribution >= 4 is 0 Å². The number of ether oxygens (including phenoxy) is 1. The maximum absolute atomic E-state index is 9.82. The van der Waals surface area contributed by atoms with E-state index in [2.05, 4.69) is 6.07 Å². The van der Waals surface area contributed by atoms with Gasteiger partial charge in [0.15, 0.2) is 0 Å². The highest BCUT2D eigenvalue weighted by molar-refractivity contribution is 5.13. The molecule has 1 unspecified atom stereocenters. The summed E-state index contributed by atoms with van der Waals surface area (Å²) in [6.45, 7) is 4.71. The lowest BCUT2D eigenvalue weighted by Crippen LogP contribution is -2.27. The van der Waals surface area contributed by atoms with Crippen LogP contribution in [0.3, 0.4) is 0 Å². The van der Waals surface area contributed by atoms with E-state index in [1.165, 1.54) is 0 Å². The SMILES string of the molecule is CC(C)(C#N)C(O)CCCOCc1ccccc1. The molecule has 98 valence electrons. The van der Waals surface area contributed by atoms with E-state index < -0.39 is 11.5 Å². The topological polar surface area (TPSA) is 53.2 Å². The number of aliphatic hydroxyl groups excluding tert-OH is 1. The van der Waals surface area contributed by atoms with Crippen LogP contribution in [0.5, 0.6) is 0 Å². The second-order valence-corrected chi connectivity index (χ2v) is 5.03. The average molecular weight is 247 g/mol. The Bertz CT molecular complexity index is 381. The second-order valence-electron chi connectivity index (χ2n) is 5.03. The van der Waals surface area contributed by atoms with Crippen molar-refractivity contribution in [3.63, 3.8) is 0 Å². The van der Waals surface area contributed by atoms with Crippen molar-refractivity contribution in [3.05, 3.63) is 35.9 Å². The van der Waals surface area contributed by atoms with Crippen LogP contribution in [0.1, 0.15) is 32.3 Å². The third-order valence-electron chi connectivity index (χ3n) is 3.00. The van der Waals surface area contributed by atoms with E-state index in [1.807, 2.05) is 30.3 Å².